The number of nitrogens with one attached hydrogen (secondary N) is 1. The van der Waals surface area contributed by atoms with E-state index >= 15 is 0 Å². The number of carbonyl (C=O) groups excluding carboxylic acids is 2. The zero-order valence-electron chi connectivity index (χ0n) is 12.2. The quantitative estimate of drug-likeness (QED) is 0.797. The number of benzene rings is 1. The van der Waals surface area contributed by atoms with Crippen molar-refractivity contribution in [3.05, 3.63) is 27.8 Å². The van der Waals surface area contributed by atoms with Crippen molar-refractivity contribution in [2.75, 3.05) is 4.90 Å². The predicted molar refractivity (Wildman–Crippen MR) is 90.0 cm³/mol. The summed E-state index contributed by atoms with van der Waals surface area (Å²) in [6.07, 6.45) is 2.64. The summed E-state index contributed by atoms with van der Waals surface area (Å²) in [5, 5.41) is 2.98. The first kappa shape index (κ1) is 14.8. The number of hydrogen-bond acceptors (Lipinski definition) is 2. The van der Waals surface area contributed by atoms with Gasteiger partial charge in [0.1, 0.15) is 11.6 Å². The minimum Gasteiger partial charge on any atom is -0.340 e. The van der Waals surface area contributed by atoms with Gasteiger partial charge in [0.2, 0.25) is 5.91 Å². The number of rotatable bonds is 3. The number of piperazine rings is 1. The van der Waals surface area contributed by atoms with Crippen LogP contribution in [0.2, 0.25) is 0 Å². The standard InChI is InChI=1S/C16H19IN2O2/c1-3-13-14(20)18-16(2,10-4-5-10)15(21)19(13)12-8-6-11(17)7-9-12/h6-10,13H,3-5H2,1-2H3,(H,18,20). The van der Waals surface area contributed by atoms with Gasteiger partial charge in [0, 0.05) is 9.26 Å². The lowest BCUT2D eigenvalue weighted by molar-refractivity contribution is -0.138. The van der Waals surface area contributed by atoms with Gasteiger partial charge < -0.3 is 5.32 Å². The molecule has 2 unspecified atom stereocenters. The number of halogens is 1. The van der Waals surface area contributed by atoms with Crippen molar-refractivity contribution in [2.45, 2.75) is 44.7 Å². The Labute approximate surface area is 138 Å². The van der Waals surface area contributed by atoms with Gasteiger partial charge in [-0.2, -0.15) is 0 Å². The Bertz CT molecular complexity index is 582. The van der Waals surface area contributed by atoms with Gasteiger partial charge in [0.25, 0.3) is 5.91 Å². The van der Waals surface area contributed by atoms with E-state index in [1.165, 1.54) is 0 Å². The van der Waals surface area contributed by atoms with Crippen molar-refractivity contribution in [1.82, 2.24) is 5.32 Å². The number of hydrogen-bond donors (Lipinski definition) is 1. The first-order valence-corrected chi connectivity index (χ1v) is 8.46. The van der Waals surface area contributed by atoms with Crippen LogP contribution in [0.5, 0.6) is 0 Å². The van der Waals surface area contributed by atoms with Gasteiger partial charge in [-0.25, -0.2) is 0 Å². The monoisotopic (exact) mass is 398 g/mol. The molecule has 0 spiro atoms. The lowest BCUT2D eigenvalue weighted by Crippen LogP contribution is -2.70. The maximum Gasteiger partial charge on any atom is 0.253 e. The summed E-state index contributed by atoms with van der Waals surface area (Å²) in [6.45, 7) is 3.81. The van der Waals surface area contributed by atoms with E-state index in [1.807, 2.05) is 38.1 Å². The van der Waals surface area contributed by atoms with Crippen LogP contribution in [0, 0.1) is 9.49 Å². The molecule has 1 aromatic rings. The van der Waals surface area contributed by atoms with Gasteiger partial charge in [-0.3, -0.25) is 14.5 Å². The summed E-state index contributed by atoms with van der Waals surface area (Å²) in [6, 6.07) is 7.38. The smallest absolute Gasteiger partial charge is 0.253 e. The number of anilines is 1. The van der Waals surface area contributed by atoms with Crippen LogP contribution in [0.3, 0.4) is 0 Å². The molecular weight excluding hydrogens is 379 g/mol. The van der Waals surface area contributed by atoms with Crippen molar-refractivity contribution in [3.8, 4) is 0 Å². The largest absolute Gasteiger partial charge is 0.340 e. The van der Waals surface area contributed by atoms with Gasteiger partial charge in [-0.15, -0.1) is 0 Å². The molecule has 1 heterocycles. The minimum absolute atomic E-state index is 0.0256. The fraction of sp³-hybridized carbons (Fsp3) is 0.500. The molecular formula is C16H19IN2O2. The maximum absolute atomic E-state index is 13.0. The molecule has 2 atom stereocenters. The molecule has 21 heavy (non-hydrogen) atoms. The van der Waals surface area contributed by atoms with Crippen LogP contribution in [0.25, 0.3) is 0 Å². The molecule has 1 aliphatic carbocycles. The van der Waals surface area contributed by atoms with E-state index in [0.29, 0.717) is 6.42 Å². The van der Waals surface area contributed by atoms with Crippen LogP contribution in [0.15, 0.2) is 24.3 Å². The van der Waals surface area contributed by atoms with Crippen molar-refractivity contribution >= 4 is 40.1 Å². The van der Waals surface area contributed by atoms with E-state index < -0.39 is 11.6 Å². The summed E-state index contributed by atoms with van der Waals surface area (Å²) < 4.78 is 1.11. The predicted octanol–water partition coefficient (Wildman–Crippen LogP) is 2.70. The van der Waals surface area contributed by atoms with Gasteiger partial charge >= 0.3 is 0 Å². The van der Waals surface area contributed by atoms with Crippen LogP contribution in [0.4, 0.5) is 5.69 Å². The molecule has 0 radical (unpaired) electrons. The van der Waals surface area contributed by atoms with E-state index in [4.69, 9.17) is 0 Å². The maximum atomic E-state index is 13.0. The highest BCUT2D eigenvalue weighted by Crippen LogP contribution is 2.43. The molecule has 1 aliphatic heterocycles. The Morgan fingerprint density at radius 1 is 1.29 bits per heavy atom. The van der Waals surface area contributed by atoms with E-state index in [-0.39, 0.29) is 17.7 Å². The molecule has 5 heteroatoms. The molecule has 4 nitrogen and oxygen atoms in total. The molecule has 1 saturated heterocycles. The summed E-state index contributed by atoms with van der Waals surface area (Å²) in [5.74, 6) is 0.265. The molecule has 0 aromatic heterocycles. The summed E-state index contributed by atoms with van der Waals surface area (Å²) in [5.41, 5.74) is 0.0696. The van der Waals surface area contributed by atoms with Crippen LogP contribution in [-0.4, -0.2) is 23.4 Å². The third kappa shape index (κ3) is 2.45. The third-order valence-corrected chi connectivity index (χ3v) is 5.26. The Morgan fingerprint density at radius 2 is 1.90 bits per heavy atom. The molecule has 2 amide bonds. The second kappa shape index (κ2) is 5.26. The van der Waals surface area contributed by atoms with Crippen LogP contribution < -0.4 is 10.2 Å². The average Bonchev–Trinajstić information content (AvgIpc) is 3.28. The molecule has 2 fully saturated rings. The molecule has 1 N–H and O–H groups in total. The molecule has 1 saturated carbocycles. The molecule has 112 valence electrons. The second-order valence-corrected chi connectivity index (χ2v) is 7.29. The second-order valence-electron chi connectivity index (χ2n) is 6.04. The van der Waals surface area contributed by atoms with Gasteiger partial charge in [-0.1, -0.05) is 6.92 Å². The first-order valence-electron chi connectivity index (χ1n) is 7.38. The number of carbonyl (C=O) groups is 2. The van der Waals surface area contributed by atoms with Crippen LogP contribution in [0.1, 0.15) is 33.1 Å². The first-order chi connectivity index (χ1) is 9.97. The van der Waals surface area contributed by atoms with Crippen molar-refractivity contribution in [1.29, 1.82) is 0 Å². The van der Waals surface area contributed by atoms with Gasteiger partial charge in [-0.05, 0) is 79.0 Å². The highest BCUT2D eigenvalue weighted by Gasteiger charge is 2.55. The molecule has 2 aliphatic rings. The van der Waals surface area contributed by atoms with Gasteiger partial charge in [0.15, 0.2) is 0 Å². The third-order valence-electron chi connectivity index (χ3n) is 4.55. The Kier molecular flexibility index (Phi) is 3.71. The Balaban J connectivity index is 2.02. The topological polar surface area (TPSA) is 49.4 Å². The normalized spacial score (nSPS) is 29.5. The van der Waals surface area contributed by atoms with Crippen LogP contribution >= 0.6 is 22.6 Å². The summed E-state index contributed by atoms with van der Waals surface area (Å²) in [4.78, 5) is 27.2. The number of nitrogens with zero attached hydrogens (tertiary/aromatic N) is 1. The van der Waals surface area contributed by atoms with E-state index in [2.05, 4.69) is 27.9 Å². The fourth-order valence-corrected chi connectivity index (χ4v) is 3.47. The fourth-order valence-electron chi connectivity index (χ4n) is 3.11. The minimum atomic E-state index is -0.744. The zero-order valence-corrected chi connectivity index (χ0v) is 14.4. The molecule has 0 bridgehead atoms. The highest BCUT2D eigenvalue weighted by molar-refractivity contribution is 14.1. The lowest BCUT2D eigenvalue weighted by Gasteiger charge is -2.44. The lowest BCUT2D eigenvalue weighted by atomic mass is 9.88. The Hall–Kier alpha value is -1.11. The van der Waals surface area contributed by atoms with E-state index in [9.17, 15) is 9.59 Å². The van der Waals surface area contributed by atoms with Crippen molar-refractivity contribution in [2.24, 2.45) is 5.92 Å². The van der Waals surface area contributed by atoms with Gasteiger partial charge in [0.05, 0.1) is 0 Å². The van der Waals surface area contributed by atoms with E-state index in [0.717, 1.165) is 22.1 Å². The summed E-state index contributed by atoms with van der Waals surface area (Å²) >= 11 is 2.24. The number of amides is 2. The molecule has 1 aromatic carbocycles. The highest BCUT2D eigenvalue weighted by atomic mass is 127. The Morgan fingerprint density at radius 3 is 2.43 bits per heavy atom. The zero-order chi connectivity index (χ0) is 15.2. The summed E-state index contributed by atoms with van der Waals surface area (Å²) in [7, 11) is 0. The van der Waals surface area contributed by atoms with E-state index in [1.54, 1.807) is 4.90 Å². The van der Waals surface area contributed by atoms with Crippen molar-refractivity contribution in [3.63, 3.8) is 0 Å². The van der Waals surface area contributed by atoms with Crippen LogP contribution in [-0.2, 0) is 9.59 Å². The molecule has 3 rings (SSSR count). The average molecular weight is 398 g/mol. The SMILES string of the molecule is CCC1C(=O)NC(C)(C2CC2)C(=O)N1c1ccc(I)cc1. The van der Waals surface area contributed by atoms with Crippen molar-refractivity contribution < 1.29 is 9.59 Å².